The van der Waals surface area contributed by atoms with E-state index < -0.39 is 10.0 Å². The predicted molar refractivity (Wildman–Crippen MR) is 81.5 cm³/mol. The van der Waals surface area contributed by atoms with Crippen molar-refractivity contribution in [1.82, 2.24) is 14.6 Å². The van der Waals surface area contributed by atoms with Crippen LogP contribution in [0, 0.1) is 0 Å². The largest absolute Gasteiger partial charge is 0.376 e. The Morgan fingerprint density at radius 3 is 2.95 bits per heavy atom. The van der Waals surface area contributed by atoms with Crippen LogP contribution in [0.15, 0.2) is 24.5 Å². The standard InChI is InChI=1S/C14H21N3O4S/c1-22(19,20)17(10-12-4-2-6-15-8-12)11-14(18)16-9-13-5-3-7-21-13/h2,4,6,8,13H,3,5,7,9-11H2,1H3,(H,16,18). The number of carbonyl (C=O) groups is 1. The molecule has 0 spiro atoms. The summed E-state index contributed by atoms with van der Waals surface area (Å²) in [5.41, 5.74) is 0.736. The maximum atomic E-state index is 12.0. The molecule has 2 heterocycles. The molecule has 8 heteroatoms. The highest BCUT2D eigenvalue weighted by molar-refractivity contribution is 7.88. The van der Waals surface area contributed by atoms with Crippen LogP contribution in [0.5, 0.6) is 0 Å². The fourth-order valence-corrected chi connectivity index (χ4v) is 2.97. The molecule has 1 saturated heterocycles. The van der Waals surface area contributed by atoms with Crippen LogP contribution in [0.25, 0.3) is 0 Å². The molecule has 122 valence electrons. The van der Waals surface area contributed by atoms with E-state index in [2.05, 4.69) is 10.3 Å². The lowest BCUT2D eigenvalue weighted by Gasteiger charge is -2.20. The van der Waals surface area contributed by atoms with Gasteiger partial charge in [-0.15, -0.1) is 0 Å². The third-order valence-corrected chi connectivity index (χ3v) is 4.62. The lowest BCUT2D eigenvalue weighted by Crippen LogP contribution is -2.42. The highest BCUT2D eigenvalue weighted by Crippen LogP contribution is 2.11. The number of nitrogens with zero attached hydrogens (tertiary/aromatic N) is 2. The summed E-state index contributed by atoms with van der Waals surface area (Å²) in [6.45, 7) is 1.06. The minimum atomic E-state index is -3.48. The van der Waals surface area contributed by atoms with Crippen molar-refractivity contribution in [3.05, 3.63) is 30.1 Å². The van der Waals surface area contributed by atoms with Gasteiger partial charge in [0.25, 0.3) is 0 Å². The van der Waals surface area contributed by atoms with Crippen LogP contribution in [0.1, 0.15) is 18.4 Å². The van der Waals surface area contributed by atoms with Gasteiger partial charge in [-0.25, -0.2) is 8.42 Å². The molecular formula is C14H21N3O4S. The molecule has 1 aliphatic heterocycles. The van der Waals surface area contributed by atoms with E-state index in [-0.39, 0.29) is 25.1 Å². The average Bonchev–Trinajstić information content (AvgIpc) is 2.98. The maximum Gasteiger partial charge on any atom is 0.235 e. The molecule has 1 aromatic rings. The Morgan fingerprint density at radius 1 is 1.55 bits per heavy atom. The minimum Gasteiger partial charge on any atom is -0.376 e. The van der Waals surface area contributed by atoms with Crippen LogP contribution in [0.3, 0.4) is 0 Å². The first-order chi connectivity index (χ1) is 10.4. The highest BCUT2D eigenvalue weighted by atomic mass is 32.2. The summed E-state index contributed by atoms with van der Waals surface area (Å²) in [4.78, 5) is 15.9. The number of hydrogen-bond acceptors (Lipinski definition) is 5. The van der Waals surface area contributed by atoms with E-state index in [1.807, 2.05) is 0 Å². The first kappa shape index (κ1) is 16.9. The molecule has 2 rings (SSSR count). The summed E-state index contributed by atoms with van der Waals surface area (Å²) in [7, 11) is -3.48. The van der Waals surface area contributed by atoms with Crippen molar-refractivity contribution in [2.24, 2.45) is 0 Å². The van der Waals surface area contributed by atoms with E-state index in [4.69, 9.17) is 4.74 Å². The van der Waals surface area contributed by atoms with Crippen LogP contribution in [-0.4, -0.2) is 55.7 Å². The number of amides is 1. The van der Waals surface area contributed by atoms with Crippen LogP contribution in [0.2, 0.25) is 0 Å². The second-order valence-electron chi connectivity index (χ2n) is 5.33. The van der Waals surface area contributed by atoms with E-state index in [0.29, 0.717) is 6.54 Å². The zero-order chi connectivity index (χ0) is 16.0. The second kappa shape index (κ2) is 7.66. The number of aromatic nitrogens is 1. The summed E-state index contributed by atoms with van der Waals surface area (Å²) in [5, 5.41) is 2.73. The molecule has 22 heavy (non-hydrogen) atoms. The molecule has 0 bridgehead atoms. The lowest BCUT2D eigenvalue weighted by atomic mass is 10.2. The number of ether oxygens (including phenoxy) is 1. The van der Waals surface area contributed by atoms with E-state index in [1.54, 1.807) is 24.5 Å². The Kier molecular flexibility index (Phi) is 5.87. The van der Waals surface area contributed by atoms with E-state index in [1.165, 1.54) is 0 Å². The van der Waals surface area contributed by atoms with Gasteiger partial charge >= 0.3 is 0 Å². The second-order valence-corrected chi connectivity index (χ2v) is 7.31. The third kappa shape index (κ3) is 5.36. The zero-order valence-electron chi connectivity index (χ0n) is 12.6. The molecule has 1 amide bonds. The van der Waals surface area contributed by atoms with Gasteiger partial charge in [0.15, 0.2) is 0 Å². The van der Waals surface area contributed by atoms with Gasteiger partial charge in [0.05, 0.1) is 18.9 Å². The third-order valence-electron chi connectivity index (χ3n) is 3.42. The fraction of sp³-hybridized carbons (Fsp3) is 0.571. The predicted octanol–water partition coefficient (Wildman–Crippen LogP) is 0.138. The molecule has 1 aromatic heterocycles. The number of sulfonamides is 1. The van der Waals surface area contributed by atoms with E-state index in [9.17, 15) is 13.2 Å². The summed E-state index contributed by atoms with van der Waals surface area (Å²) < 4.78 is 30.2. The molecule has 1 unspecified atom stereocenters. The first-order valence-corrected chi connectivity index (χ1v) is 9.02. The van der Waals surface area contributed by atoms with Crippen molar-refractivity contribution in [2.75, 3.05) is 26.0 Å². The molecule has 1 fully saturated rings. The van der Waals surface area contributed by atoms with Crippen molar-refractivity contribution < 1.29 is 17.9 Å². The maximum absolute atomic E-state index is 12.0. The smallest absolute Gasteiger partial charge is 0.235 e. The number of pyridine rings is 1. The Balaban J connectivity index is 1.90. The minimum absolute atomic E-state index is 0.0361. The number of hydrogen-bond donors (Lipinski definition) is 1. The van der Waals surface area contributed by atoms with Crippen molar-refractivity contribution in [2.45, 2.75) is 25.5 Å². The summed E-state index contributed by atoms with van der Waals surface area (Å²) in [6.07, 6.45) is 6.25. The Labute approximate surface area is 130 Å². The number of carbonyl (C=O) groups excluding carboxylic acids is 1. The highest BCUT2D eigenvalue weighted by Gasteiger charge is 2.22. The van der Waals surface area contributed by atoms with Gasteiger partial charge in [0.2, 0.25) is 15.9 Å². The van der Waals surface area contributed by atoms with Crippen molar-refractivity contribution >= 4 is 15.9 Å². The van der Waals surface area contributed by atoms with Crippen LogP contribution >= 0.6 is 0 Å². The molecule has 0 radical (unpaired) electrons. The molecule has 0 aromatic carbocycles. The Morgan fingerprint density at radius 2 is 2.36 bits per heavy atom. The SMILES string of the molecule is CS(=O)(=O)N(CC(=O)NCC1CCCO1)Cc1cccnc1. The van der Waals surface area contributed by atoms with Gasteiger partial charge in [0, 0.05) is 32.1 Å². The van der Waals surface area contributed by atoms with Gasteiger partial charge in [-0.1, -0.05) is 6.07 Å². The molecule has 1 N–H and O–H groups in total. The van der Waals surface area contributed by atoms with Gasteiger partial charge in [-0.2, -0.15) is 4.31 Å². The Hall–Kier alpha value is -1.51. The number of rotatable bonds is 7. The number of nitrogens with one attached hydrogen (secondary N) is 1. The average molecular weight is 327 g/mol. The first-order valence-electron chi connectivity index (χ1n) is 7.17. The quantitative estimate of drug-likeness (QED) is 0.769. The van der Waals surface area contributed by atoms with Crippen LogP contribution in [0.4, 0.5) is 0 Å². The van der Waals surface area contributed by atoms with Crippen LogP contribution < -0.4 is 5.32 Å². The van der Waals surface area contributed by atoms with Gasteiger partial charge < -0.3 is 10.1 Å². The molecular weight excluding hydrogens is 306 g/mol. The van der Waals surface area contributed by atoms with E-state index in [0.717, 1.165) is 35.6 Å². The molecule has 7 nitrogen and oxygen atoms in total. The van der Waals surface area contributed by atoms with Gasteiger partial charge in [-0.05, 0) is 24.5 Å². The topological polar surface area (TPSA) is 88.6 Å². The van der Waals surface area contributed by atoms with Crippen molar-refractivity contribution in [3.8, 4) is 0 Å². The van der Waals surface area contributed by atoms with Gasteiger partial charge in [0.1, 0.15) is 0 Å². The Bertz CT molecular complexity index is 585. The molecule has 1 atom stereocenters. The molecule has 0 saturated carbocycles. The normalized spacial score (nSPS) is 18.5. The van der Waals surface area contributed by atoms with Crippen LogP contribution in [-0.2, 0) is 26.1 Å². The lowest BCUT2D eigenvalue weighted by molar-refractivity contribution is -0.121. The summed E-state index contributed by atoms with van der Waals surface area (Å²) >= 11 is 0. The van der Waals surface area contributed by atoms with Crippen molar-refractivity contribution in [3.63, 3.8) is 0 Å². The fourth-order valence-electron chi connectivity index (χ4n) is 2.23. The monoisotopic (exact) mass is 327 g/mol. The van der Waals surface area contributed by atoms with Gasteiger partial charge in [-0.3, -0.25) is 9.78 Å². The summed E-state index contributed by atoms with van der Waals surface area (Å²) in [5.74, 6) is -0.329. The van der Waals surface area contributed by atoms with E-state index >= 15 is 0 Å². The molecule has 0 aliphatic carbocycles. The van der Waals surface area contributed by atoms with Crippen molar-refractivity contribution in [1.29, 1.82) is 0 Å². The zero-order valence-corrected chi connectivity index (χ0v) is 13.4. The summed E-state index contributed by atoms with van der Waals surface area (Å²) in [6, 6.07) is 3.50. The molecule has 1 aliphatic rings.